The highest BCUT2D eigenvalue weighted by Gasteiger charge is 2.20. The third kappa shape index (κ3) is 3.28. The fourth-order valence-corrected chi connectivity index (χ4v) is 2.70. The molecular formula is C12H22N2S. The molecule has 1 atom stereocenters. The van der Waals surface area contributed by atoms with Crippen LogP contribution in [0, 0.1) is 19.8 Å². The first-order valence-corrected chi connectivity index (χ1v) is 6.43. The average Bonchev–Trinajstić information content (AvgIpc) is 2.42. The highest BCUT2D eigenvalue weighted by molar-refractivity contribution is 7.11. The van der Waals surface area contributed by atoms with Gasteiger partial charge in [-0.3, -0.25) is 0 Å². The molecule has 1 unspecified atom stereocenters. The van der Waals surface area contributed by atoms with Gasteiger partial charge in [0.2, 0.25) is 0 Å². The molecule has 1 heterocycles. The maximum atomic E-state index is 4.64. The van der Waals surface area contributed by atoms with Crippen molar-refractivity contribution >= 4 is 11.3 Å². The lowest BCUT2D eigenvalue weighted by Gasteiger charge is -2.22. The first-order valence-electron chi connectivity index (χ1n) is 5.61. The number of hydrogen-bond donors (Lipinski definition) is 1. The van der Waals surface area contributed by atoms with Crippen molar-refractivity contribution in [2.45, 2.75) is 53.6 Å². The quantitative estimate of drug-likeness (QED) is 0.850. The molecular weight excluding hydrogens is 204 g/mol. The van der Waals surface area contributed by atoms with E-state index >= 15 is 0 Å². The van der Waals surface area contributed by atoms with E-state index in [1.54, 1.807) is 0 Å². The predicted molar refractivity (Wildman–Crippen MR) is 67.4 cm³/mol. The second-order valence-corrected chi connectivity index (χ2v) is 5.97. The second-order valence-electron chi connectivity index (χ2n) is 4.74. The Morgan fingerprint density at radius 3 is 2.07 bits per heavy atom. The van der Waals surface area contributed by atoms with Crippen molar-refractivity contribution in [3.8, 4) is 0 Å². The molecule has 0 aliphatic heterocycles. The van der Waals surface area contributed by atoms with Gasteiger partial charge in [-0.25, -0.2) is 4.98 Å². The molecule has 1 aromatic heterocycles. The molecule has 2 nitrogen and oxygen atoms in total. The van der Waals surface area contributed by atoms with Crippen molar-refractivity contribution in [2.24, 2.45) is 5.92 Å². The lowest BCUT2D eigenvalue weighted by Crippen LogP contribution is -2.31. The first kappa shape index (κ1) is 12.7. The topological polar surface area (TPSA) is 24.9 Å². The van der Waals surface area contributed by atoms with Crippen molar-refractivity contribution in [1.29, 1.82) is 0 Å². The molecule has 0 saturated heterocycles. The van der Waals surface area contributed by atoms with Crippen LogP contribution in [0.4, 0.5) is 0 Å². The molecule has 0 spiro atoms. The van der Waals surface area contributed by atoms with Crippen LogP contribution in [0.2, 0.25) is 0 Å². The first-order chi connectivity index (χ1) is 6.91. The molecule has 1 N–H and O–H groups in total. The van der Waals surface area contributed by atoms with Gasteiger partial charge in [-0.15, -0.1) is 11.3 Å². The smallest absolute Gasteiger partial charge is 0.110 e. The zero-order chi connectivity index (χ0) is 11.6. The molecule has 0 fully saturated rings. The Morgan fingerprint density at radius 1 is 1.13 bits per heavy atom. The molecule has 0 aliphatic carbocycles. The highest BCUT2D eigenvalue weighted by Crippen LogP contribution is 2.28. The van der Waals surface area contributed by atoms with Gasteiger partial charge in [0.1, 0.15) is 5.01 Å². The summed E-state index contributed by atoms with van der Waals surface area (Å²) in [7, 11) is 0. The van der Waals surface area contributed by atoms with Gasteiger partial charge in [0.15, 0.2) is 0 Å². The number of hydrogen-bond acceptors (Lipinski definition) is 3. The molecule has 3 heteroatoms. The summed E-state index contributed by atoms with van der Waals surface area (Å²) in [5.41, 5.74) is 1.17. The van der Waals surface area contributed by atoms with Crippen molar-refractivity contribution in [3.05, 3.63) is 15.6 Å². The lowest BCUT2D eigenvalue weighted by molar-refractivity contribution is 0.380. The van der Waals surface area contributed by atoms with Gasteiger partial charge in [0.25, 0.3) is 0 Å². The number of rotatable bonds is 4. The molecule has 0 radical (unpaired) electrons. The maximum absolute atomic E-state index is 4.64. The van der Waals surface area contributed by atoms with Crippen LogP contribution in [-0.2, 0) is 0 Å². The van der Waals surface area contributed by atoms with E-state index in [1.807, 2.05) is 11.3 Å². The van der Waals surface area contributed by atoms with Crippen LogP contribution in [0.25, 0.3) is 0 Å². The molecule has 0 bridgehead atoms. The number of nitrogens with one attached hydrogen (secondary N) is 1. The van der Waals surface area contributed by atoms with Crippen LogP contribution in [0.5, 0.6) is 0 Å². The summed E-state index contributed by atoms with van der Waals surface area (Å²) in [6.07, 6.45) is 0. The van der Waals surface area contributed by atoms with Crippen LogP contribution < -0.4 is 5.32 Å². The van der Waals surface area contributed by atoms with Crippen molar-refractivity contribution in [1.82, 2.24) is 10.3 Å². The summed E-state index contributed by atoms with van der Waals surface area (Å²) in [5.74, 6) is 0.581. The van der Waals surface area contributed by atoms with E-state index in [0.717, 1.165) is 0 Å². The SMILES string of the molecule is Cc1nc(C(NC(C)C)C(C)C)sc1C. The largest absolute Gasteiger partial charge is 0.305 e. The minimum atomic E-state index is 0.391. The fraction of sp³-hybridized carbons (Fsp3) is 0.750. The average molecular weight is 226 g/mol. The Hall–Kier alpha value is -0.410. The van der Waals surface area contributed by atoms with Gasteiger partial charge in [-0.1, -0.05) is 27.7 Å². The van der Waals surface area contributed by atoms with Gasteiger partial charge < -0.3 is 5.32 Å². The molecule has 0 amide bonds. The summed E-state index contributed by atoms with van der Waals surface area (Å²) >= 11 is 1.82. The summed E-state index contributed by atoms with van der Waals surface area (Å²) in [6.45, 7) is 13.1. The zero-order valence-electron chi connectivity index (χ0n) is 10.6. The van der Waals surface area contributed by atoms with E-state index in [4.69, 9.17) is 0 Å². The van der Waals surface area contributed by atoms with Gasteiger partial charge in [0, 0.05) is 10.9 Å². The third-order valence-electron chi connectivity index (χ3n) is 2.49. The minimum Gasteiger partial charge on any atom is -0.305 e. The summed E-state index contributed by atoms with van der Waals surface area (Å²) in [4.78, 5) is 5.98. The molecule has 1 aromatic rings. The van der Waals surface area contributed by atoms with Gasteiger partial charge in [0.05, 0.1) is 11.7 Å². The molecule has 15 heavy (non-hydrogen) atoms. The van der Waals surface area contributed by atoms with Crippen LogP contribution in [0.15, 0.2) is 0 Å². The molecule has 1 rings (SSSR count). The van der Waals surface area contributed by atoms with E-state index in [0.29, 0.717) is 18.0 Å². The third-order valence-corrected chi connectivity index (χ3v) is 3.65. The standard InChI is InChI=1S/C12H22N2S/c1-7(2)11(13-8(3)4)12-14-9(5)10(6)15-12/h7-8,11,13H,1-6H3. The Labute approximate surface area is 97.1 Å². The zero-order valence-corrected chi connectivity index (χ0v) is 11.4. The highest BCUT2D eigenvalue weighted by atomic mass is 32.1. The van der Waals surface area contributed by atoms with Crippen molar-refractivity contribution in [3.63, 3.8) is 0 Å². The maximum Gasteiger partial charge on any atom is 0.110 e. The van der Waals surface area contributed by atoms with E-state index < -0.39 is 0 Å². The Bertz CT molecular complexity index is 296. The van der Waals surface area contributed by atoms with E-state index in [-0.39, 0.29) is 0 Å². The van der Waals surface area contributed by atoms with Gasteiger partial charge in [-0.2, -0.15) is 0 Å². The fourth-order valence-electron chi connectivity index (χ4n) is 1.54. The summed E-state index contributed by atoms with van der Waals surface area (Å²) in [5, 5.41) is 4.81. The molecule has 0 aromatic carbocycles. The molecule has 86 valence electrons. The Balaban J connectivity index is 2.89. The van der Waals surface area contributed by atoms with E-state index in [2.05, 4.69) is 51.8 Å². The Morgan fingerprint density at radius 2 is 1.73 bits per heavy atom. The van der Waals surface area contributed by atoms with Crippen LogP contribution in [-0.4, -0.2) is 11.0 Å². The predicted octanol–water partition coefficient (Wildman–Crippen LogP) is 3.46. The van der Waals surface area contributed by atoms with Crippen LogP contribution in [0.1, 0.15) is 49.3 Å². The van der Waals surface area contributed by atoms with Crippen molar-refractivity contribution < 1.29 is 0 Å². The second kappa shape index (κ2) is 5.08. The van der Waals surface area contributed by atoms with Crippen LogP contribution in [0.3, 0.4) is 0 Å². The van der Waals surface area contributed by atoms with Gasteiger partial charge in [-0.05, 0) is 19.8 Å². The molecule has 0 aliphatic rings. The normalized spacial score (nSPS) is 13.9. The van der Waals surface area contributed by atoms with Crippen molar-refractivity contribution in [2.75, 3.05) is 0 Å². The number of aryl methyl sites for hydroxylation is 2. The van der Waals surface area contributed by atoms with E-state index in [1.165, 1.54) is 15.6 Å². The Kier molecular flexibility index (Phi) is 4.29. The van der Waals surface area contributed by atoms with Gasteiger partial charge >= 0.3 is 0 Å². The van der Waals surface area contributed by atoms with E-state index in [9.17, 15) is 0 Å². The monoisotopic (exact) mass is 226 g/mol. The number of thiazole rings is 1. The number of aromatic nitrogens is 1. The lowest BCUT2D eigenvalue weighted by atomic mass is 10.0. The summed E-state index contributed by atoms with van der Waals surface area (Å²) < 4.78 is 0. The minimum absolute atomic E-state index is 0.391. The number of nitrogens with zero attached hydrogens (tertiary/aromatic N) is 1. The summed E-state index contributed by atoms with van der Waals surface area (Å²) in [6, 6.07) is 0.893. The molecule has 0 saturated carbocycles. The van der Waals surface area contributed by atoms with Crippen LogP contribution >= 0.6 is 11.3 Å².